The number of nitrogens with zero attached hydrogens (tertiary/aromatic N) is 1. The number of rotatable bonds is 6. The lowest BCUT2D eigenvalue weighted by atomic mass is 10.2. The van der Waals surface area contributed by atoms with Crippen LogP contribution in [-0.2, 0) is 17.8 Å². The molecular formula is C14H17N3O3. The van der Waals surface area contributed by atoms with Crippen LogP contribution in [0.1, 0.15) is 17.7 Å². The van der Waals surface area contributed by atoms with Gasteiger partial charge in [0.1, 0.15) is 6.61 Å². The molecule has 2 rings (SSSR count). The zero-order valence-electron chi connectivity index (χ0n) is 11.0. The fourth-order valence-corrected chi connectivity index (χ4v) is 1.69. The summed E-state index contributed by atoms with van der Waals surface area (Å²) >= 11 is 0. The normalized spacial score (nSPS) is 10.2. The molecule has 6 nitrogen and oxygen atoms in total. The molecule has 0 saturated carbocycles. The van der Waals surface area contributed by atoms with E-state index in [2.05, 4.69) is 15.5 Å². The van der Waals surface area contributed by atoms with E-state index in [-0.39, 0.29) is 13.2 Å². The molecule has 0 unspecified atom stereocenters. The predicted octanol–water partition coefficient (Wildman–Crippen LogP) is 2.08. The number of aliphatic hydroxyl groups excluding tert-OH is 1. The molecule has 0 bridgehead atoms. The van der Waals surface area contributed by atoms with E-state index in [1.165, 1.54) is 0 Å². The number of amides is 1. The highest BCUT2D eigenvalue weighted by Gasteiger charge is 2.07. The molecule has 0 aliphatic rings. The van der Waals surface area contributed by atoms with Crippen LogP contribution in [0.4, 0.5) is 10.6 Å². The molecule has 2 aromatic rings. The molecule has 0 fully saturated rings. The lowest BCUT2D eigenvalue weighted by Crippen LogP contribution is -2.13. The number of aliphatic hydroxyl groups is 1. The van der Waals surface area contributed by atoms with Gasteiger partial charge in [0.05, 0.1) is 0 Å². The Morgan fingerprint density at radius 1 is 1.35 bits per heavy atom. The summed E-state index contributed by atoms with van der Waals surface area (Å²) in [4.78, 5) is 11.6. The molecule has 1 amide bonds. The molecule has 3 N–H and O–H groups in total. The second-order valence-corrected chi connectivity index (χ2v) is 4.29. The highest BCUT2D eigenvalue weighted by Crippen LogP contribution is 2.08. The number of anilines is 1. The number of aromatic amines is 1. The number of nitrogens with one attached hydrogen (secondary N) is 2. The van der Waals surface area contributed by atoms with Crippen LogP contribution in [0.5, 0.6) is 0 Å². The van der Waals surface area contributed by atoms with Gasteiger partial charge in [-0.2, -0.15) is 5.10 Å². The third-order valence-electron chi connectivity index (χ3n) is 2.68. The molecular weight excluding hydrogens is 258 g/mol. The summed E-state index contributed by atoms with van der Waals surface area (Å²) in [5.74, 6) is 0.413. The SMILES string of the molecule is O=C(Nc1cc(CCCO)[nH]n1)OCc1ccccc1. The van der Waals surface area contributed by atoms with Crippen molar-refractivity contribution in [3.63, 3.8) is 0 Å². The van der Waals surface area contributed by atoms with E-state index in [4.69, 9.17) is 9.84 Å². The second-order valence-electron chi connectivity index (χ2n) is 4.29. The first-order chi connectivity index (χ1) is 9.78. The molecule has 0 aliphatic heterocycles. The van der Waals surface area contributed by atoms with E-state index < -0.39 is 6.09 Å². The van der Waals surface area contributed by atoms with Gasteiger partial charge in [-0.15, -0.1) is 0 Å². The number of benzene rings is 1. The van der Waals surface area contributed by atoms with Crippen molar-refractivity contribution in [2.24, 2.45) is 0 Å². The first kappa shape index (κ1) is 14.1. The van der Waals surface area contributed by atoms with E-state index in [9.17, 15) is 4.79 Å². The predicted molar refractivity (Wildman–Crippen MR) is 74.2 cm³/mol. The van der Waals surface area contributed by atoms with Gasteiger partial charge >= 0.3 is 6.09 Å². The van der Waals surface area contributed by atoms with Crippen molar-refractivity contribution in [3.05, 3.63) is 47.7 Å². The summed E-state index contributed by atoms with van der Waals surface area (Å²) < 4.78 is 5.08. The van der Waals surface area contributed by atoms with Gasteiger partial charge in [-0.05, 0) is 18.4 Å². The number of aromatic nitrogens is 2. The standard InChI is InChI=1S/C14H17N3O3/c18-8-4-7-12-9-13(17-16-12)15-14(19)20-10-11-5-2-1-3-6-11/h1-3,5-6,9,18H,4,7-8,10H2,(H2,15,16,17,19). The van der Waals surface area contributed by atoms with Crippen LogP contribution in [0.15, 0.2) is 36.4 Å². The number of aryl methyl sites for hydroxylation is 1. The van der Waals surface area contributed by atoms with Crippen LogP contribution in [0.2, 0.25) is 0 Å². The fourth-order valence-electron chi connectivity index (χ4n) is 1.69. The molecule has 0 radical (unpaired) electrons. The lowest BCUT2D eigenvalue weighted by molar-refractivity contribution is 0.155. The molecule has 0 atom stereocenters. The summed E-state index contributed by atoms with van der Waals surface area (Å²) in [5, 5.41) is 18.0. The second kappa shape index (κ2) is 7.30. The van der Waals surface area contributed by atoms with E-state index in [1.807, 2.05) is 30.3 Å². The minimum Gasteiger partial charge on any atom is -0.444 e. The van der Waals surface area contributed by atoms with Crippen molar-refractivity contribution in [3.8, 4) is 0 Å². The van der Waals surface area contributed by atoms with Crippen LogP contribution in [0, 0.1) is 0 Å². The highest BCUT2D eigenvalue weighted by molar-refractivity contribution is 5.83. The number of ether oxygens (including phenoxy) is 1. The summed E-state index contributed by atoms with van der Waals surface area (Å²) in [6.07, 6.45) is 0.790. The Morgan fingerprint density at radius 2 is 2.15 bits per heavy atom. The molecule has 0 spiro atoms. The van der Waals surface area contributed by atoms with Crippen molar-refractivity contribution < 1.29 is 14.6 Å². The Labute approximate surface area is 116 Å². The molecule has 106 valence electrons. The van der Waals surface area contributed by atoms with Gasteiger partial charge in [0.2, 0.25) is 0 Å². The number of carbonyl (C=O) groups is 1. The summed E-state index contributed by atoms with van der Waals surface area (Å²) in [6, 6.07) is 11.2. The van der Waals surface area contributed by atoms with E-state index >= 15 is 0 Å². The van der Waals surface area contributed by atoms with Gasteiger partial charge in [-0.25, -0.2) is 4.79 Å². The number of hydrogen-bond acceptors (Lipinski definition) is 4. The molecule has 1 aromatic heterocycles. The number of carbonyl (C=O) groups excluding carboxylic acids is 1. The first-order valence-electron chi connectivity index (χ1n) is 6.41. The van der Waals surface area contributed by atoms with Crippen LogP contribution < -0.4 is 5.32 Å². The van der Waals surface area contributed by atoms with Gasteiger partial charge < -0.3 is 9.84 Å². The van der Waals surface area contributed by atoms with Crippen LogP contribution in [0.25, 0.3) is 0 Å². The van der Waals surface area contributed by atoms with Gasteiger partial charge in [-0.1, -0.05) is 30.3 Å². The average Bonchev–Trinajstić information content (AvgIpc) is 2.91. The fraction of sp³-hybridized carbons (Fsp3) is 0.286. The van der Waals surface area contributed by atoms with Crippen molar-refractivity contribution in [1.82, 2.24) is 10.2 Å². The summed E-state index contributed by atoms with van der Waals surface area (Å²) in [7, 11) is 0. The van der Waals surface area contributed by atoms with Crippen LogP contribution in [0.3, 0.4) is 0 Å². The molecule has 20 heavy (non-hydrogen) atoms. The highest BCUT2D eigenvalue weighted by atomic mass is 16.5. The van der Waals surface area contributed by atoms with E-state index in [0.29, 0.717) is 18.7 Å². The maximum absolute atomic E-state index is 11.6. The minimum absolute atomic E-state index is 0.126. The summed E-state index contributed by atoms with van der Waals surface area (Å²) in [5.41, 5.74) is 1.78. The quantitative estimate of drug-likeness (QED) is 0.753. The van der Waals surface area contributed by atoms with Gasteiger partial charge in [-0.3, -0.25) is 10.4 Å². The number of hydrogen-bond donors (Lipinski definition) is 3. The maximum Gasteiger partial charge on any atom is 0.413 e. The zero-order valence-corrected chi connectivity index (χ0v) is 11.0. The molecule has 1 heterocycles. The smallest absolute Gasteiger partial charge is 0.413 e. The Hall–Kier alpha value is -2.34. The molecule has 0 saturated heterocycles. The summed E-state index contributed by atoms with van der Waals surface area (Å²) in [6.45, 7) is 0.343. The van der Waals surface area contributed by atoms with E-state index in [1.54, 1.807) is 6.07 Å². The van der Waals surface area contributed by atoms with Crippen molar-refractivity contribution in [1.29, 1.82) is 0 Å². The third kappa shape index (κ3) is 4.40. The van der Waals surface area contributed by atoms with Gasteiger partial charge in [0.15, 0.2) is 5.82 Å². The Bertz CT molecular complexity index is 540. The van der Waals surface area contributed by atoms with E-state index in [0.717, 1.165) is 11.3 Å². The molecule has 6 heteroatoms. The largest absolute Gasteiger partial charge is 0.444 e. The minimum atomic E-state index is -0.547. The Balaban J connectivity index is 1.78. The lowest BCUT2D eigenvalue weighted by Gasteiger charge is -2.04. The Kier molecular flexibility index (Phi) is 5.14. The zero-order chi connectivity index (χ0) is 14.2. The van der Waals surface area contributed by atoms with Crippen molar-refractivity contribution in [2.45, 2.75) is 19.4 Å². The molecule has 1 aromatic carbocycles. The van der Waals surface area contributed by atoms with Crippen molar-refractivity contribution >= 4 is 11.9 Å². The monoisotopic (exact) mass is 275 g/mol. The van der Waals surface area contributed by atoms with Crippen LogP contribution >= 0.6 is 0 Å². The third-order valence-corrected chi connectivity index (χ3v) is 2.68. The topological polar surface area (TPSA) is 87.2 Å². The number of H-pyrrole nitrogens is 1. The van der Waals surface area contributed by atoms with Gasteiger partial charge in [0.25, 0.3) is 0 Å². The Morgan fingerprint density at radius 3 is 2.90 bits per heavy atom. The maximum atomic E-state index is 11.6. The average molecular weight is 275 g/mol. The van der Waals surface area contributed by atoms with Crippen molar-refractivity contribution in [2.75, 3.05) is 11.9 Å². The molecule has 0 aliphatic carbocycles. The van der Waals surface area contributed by atoms with Crippen LogP contribution in [-0.4, -0.2) is 28.0 Å². The first-order valence-corrected chi connectivity index (χ1v) is 6.41. The van der Waals surface area contributed by atoms with Gasteiger partial charge in [0, 0.05) is 18.4 Å².